The number of carbonyl (C=O) groups excluding carboxylic acids is 4. The Bertz CT molecular complexity index is 2110. The minimum atomic E-state index is -0.574. The van der Waals surface area contributed by atoms with Crippen molar-refractivity contribution in [1.29, 1.82) is 0 Å². The number of aromatic nitrogens is 2. The maximum Gasteiger partial charge on any atom is 0.255 e. The number of H-pyrrole nitrogens is 1. The summed E-state index contributed by atoms with van der Waals surface area (Å²) in [4.78, 5) is 66.9. The van der Waals surface area contributed by atoms with E-state index >= 15 is 0 Å². The molecule has 2 aromatic heterocycles. The van der Waals surface area contributed by atoms with Gasteiger partial charge in [-0.2, -0.15) is 0 Å². The Balaban J connectivity index is 0.000000210. The van der Waals surface area contributed by atoms with Crippen LogP contribution in [0.15, 0.2) is 60.8 Å². The molecule has 5 aliphatic heterocycles. The van der Waals surface area contributed by atoms with E-state index in [2.05, 4.69) is 97.5 Å². The van der Waals surface area contributed by atoms with Crippen molar-refractivity contribution in [3.8, 4) is 0 Å². The van der Waals surface area contributed by atoms with Gasteiger partial charge in [-0.15, -0.1) is 0 Å². The summed E-state index contributed by atoms with van der Waals surface area (Å²) in [5.74, 6) is 0.536. The first kappa shape index (κ1) is 38.6. The van der Waals surface area contributed by atoms with E-state index in [-0.39, 0.29) is 24.1 Å². The Morgan fingerprint density at radius 2 is 1.72 bits per heavy atom. The minimum absolute atomic E-state index is 0.102. The third-order valence-corrected chi connectivity index (χ3v) is 12.7. The summed E-state index contributed by atoms with van der Waals surface area (Å²) < 4.78 is 0. The molecule has 4 aromatic rings. The molecular weight excluding hydrogens is 719 g/mol. The van der Waals surface area contributed by atoms with Crippen LogP contribution >= 0.6 is 0 Å². The first-order valence-electron chi connectivity index (χ1n) is 20.6. The lowest BCUT2D eigenvalue weighted by Gasteiger charge is -2.43. The normalized spacial score (nSPS) is 23.4. The van der Waals surface area contributed by atoms with Crippen LogP contribution in [0, 0.1) is 12.8 Å². The molecular formula is C44H55N9O4. The summed E-state index contributed by atoms with van der Waals surface area (Å²) in [5, 5.41) is 6.05. The Kier molecular flexibility index (Phi) is 11.3. The number of piperidine rings is 2. The molecule has 4 fully saturated rings. The maximum atomic E-state index is 13.2. The molecule has 0 saturated carbocycles. The second kappa shape index (κ2) is 16.7. The maximum absolute atomic E-state index is 13.2. The van der Waals surface area contributed by atoms with Crippen LogP contribution in [0.25, 0.3) is 10.9 Å². The van der Waals surface area contributed by atoms with Crippen molar-refractivity contribution in [2.24, 2.45) is 5.92 Å². The van der Waals surface area contributed by atoms with E-state index in [1.807, 2.05) is 18.2 Å². The lowest BCUT2D eigenvalue weighted by Crippen LogP contribution is -2.53. The standard InChI is InChI=1S/C31H39N5O3.C13H16N4O/c1-21-6-8-24(9-7-21)35-17-16-33(18-22(35)2)19-23-12-14-34(15-13-23)27-5-3-4-25-26(27)20-36(31(25)39)28-10-11-29(37)32-30(28)38;1-17-4-2-3-12(17)11-5-9-7-14-13(15-8-18)6-10(9)16-11/h3-9,22-23,28H,10-20H2,1-2H3,(H,32,37,38);5-8,12,16H,2-4H2,1H3,(H,14,15,18). The summed E-state index contributed by atoms with van der Waals surface area (Å²) in [6, 6.07) is 19.3. The van der Waals surface area contributed by atoms with E-state index in [0.717, 1.165) is 80.8 Å². The third-order valence-electron chi connectivity index (χ3n) is 12.7. The van der Waals surface area contributed by atoms with Crippen LogP contribution in [0.2, 0.25) is 0 Å². The quantitative estimate of drug-likeness (QED) is 0.166. The highest BCUT2D eigenvalue weighted by molar-refractivity contribution is 6.06. The number of hydrogen-bond acceptors (Lipinski definition) is 9. The predicted octanol–water partition coefficient (Wildman–Crippen LogP) is 5.08. The number of rotatable bonds is 8. The molecule has 9 rings (SSSR count). The van der Waals surface area contributed by atoms with Crippen LogP contribution in [0.3, 0.4) is 0 Å². The third kappa shape index (κ3) is 8.26. The van der Waals surface area contributed by atoms with Gasteiger partial charge in [0.2, 0.25) is 18.2 Å². The number of aryl methyl sites for hydroxylation is 1. The molecule has 2 aromatic carbocycles. The average molecular weight is 774 g/mol. The SMILES string of the molecule is CN1CCCC1c1cc2cnc(NC=O)cc2[nH]1.Cc1ccc(N2CCN(CC3CCN(c4cccc5c4CN(C4CCC(=O)NC4=O)C5=O)CC3)CC2C)cc1. The number of aromatic amines is 1. The number of benzene rings is 2. The molecule has 7 heterocycles. The Labute approximate surface area is 334 Å². The molecule has 3 atom stereocenters. The number of imide groups is 1. The Morgan fingerprint density at radius 3 is 2.44 bits per heavy atom. The second-order valence-electron chi connectivity index (χ2n) is 16.6. The number of likely N-dealkylation sites (tertiary alicyclic amines) is 1. The van der Waals surface area contributed by atoms with Crippen LogP contribution in [0.5, 0.6) is 0 Å². The zero-order chi connectivity index (χ0) is 39.6. The van der Waals surface area contributed by atoms with Crippen molar-refractivity contribution in [3.05, 3.63) is 83.2 Å². The van der Waals surface area contributed by atoms with Crippen molar-refractivity contribution in [1.82, 2.24) is 30.0 Å². The molecule has 300 valence electrons. The molecule has 5 aliphatic rings. The van der Waals surface area contributed by atoms with Crippen LogP contribution < -0.4 is 20.4 Å². The molecule has 3 unspecified atom stereocenters. The minimum Gasteiger partial charge on any atom is -0.371 e. The van der Waals surface area contributed by atoms with Crippen LogP contribution in [-0.2, 0) is 20.9 Å². The Morgan fingerprint density at radius 1 is 0.912 bits per heavy atom. The molecule has 13 heteroatoms. The number of pyridine rings is 1. The van der Waals surface area contributed by atoms with Gasteiger partial charge in [0.25, 0.3) is 5.91 Å². The van der Waals surface area contributed by atoms with Gasteiger partial charge in [0.05, 0.1) is 5.52 Å². The van der Waals surface area contributed by atoms with E-state index in [0.29, 0.717) is 48.8 Å². The van der Waals surface area contributed by atoms with Gasteiger partial charge in [-0.1, -0.05) is 23.8 Å². The zero-order valence-corrected chi connectivity index (χ0v) is 33.4. The molecule has 3 N–H and O–H groups in total. The summed E-state index contributed by atoms with van der Waals surface area (Å²) in [7, 11) is 2.15. The number of nitrogens with zero attached hydrogens (tertiary/aromatic N) is 6. The monoisotopic (exact) mass is 773 g/mol. The van der Waals surface area contributed by atoms with Gasteiger partial charge in [-0.3, -0.25) is 34.3 Å². The summed E-state index contributed by atoms with van der Waals surface area (Å²) in [6.07, 6.45) is 7.81. The fourth-order valence-corrected chi connectivity index (χ4v) is 9.58. The number of piperazine rings is 1. The van der Waals surface area contributed by atoms with E-state index < -0.39 is 6.04 Å². The number of amides is 4. The van der Waals surface area contributed by atoms with Crippen LogP contribution in [0.1, 0.15) is 78.7 Å². The average Bonchev–Trinajstić information content (AvgIpc) is 3.92. The summed E-state index contributed by atoms with van der Waals surface area (Å²) in [6.45, 7) is 12.4. The van der Waals surface area contributed by atoms with E-state index in [1.54, 1.807) is 11.1 Å². The van der Waals surface area contributed by atoms with Gasteiger partial charge in [0.1, 0.15) is 11.9 Å². The summed E-state index contributed by atoms with van der Waals surface area (Å²) >= 11 is 0. The smallest absolute Gasteiger partial charge is 0.255 e. The molecule has 13 nitrogen and oxygen atoms in total. The predicted molar refractivity (Wildman–Crippen MR) is 222 cm³/mol. The highest BCUT2D eigenvalue weighted by Gasteiger charge is 2.40. The van der Waals surface area contributed by atoms with Crippen molar-refractivity contribution >= 4 is 52.2 Å². The first-order valence-corrected chi connectivity index (χ1v) is 20.6. The molecule has 0 aliphatic carbocycles. The van der Waals surface area contributed by atoms with Crippen LogP contribution in [-0.4, -0.2) is 114 Å². The van der Waals surface area contributed by atoms with Crippen LogP contribution in [0.4, 0.5) is 17.2 Å². The molecule has 0 radical (unpaired) electrons. The number of carbonyl (C=O) groups is 4. The second-order valence-corrected chi connectivity index (χ2v) is 16.6. The zero-order valence-electron chi connectivity index (χ0n) is 33.4. The van der Waals surface area contributed by atoms with Crippen molar-refractivity contribution < 1.29 is 19.2 Å². The van der Waals surface area contributed by atoms with Gasteiger partial charge in [-0.05, 0) is 95.8 Å². The number of fused-ring (bicyclic) bond motifs is 2. The number of hydrogen-bond donors (Lipinski definition) is 3. The van der Waals surface area contributed by atoms with Gasteiger partial charge in [-0.25, -0.2) is 4.98 Å². The number of anilines is 3. The molecule has 0 spiro atoms. The van der Waals surface area contributed by atoms with Crippen molar-refractivity contribution in [2.45, 2.75) is 77.0 Å². The van der Waals surface area contributed by atoms with E-state index in [4.69, 9.17) is 0 Å². The first-order chi connectivity index (χ1) is 27.6. The van der Waals surface area contributed by atoms with E-state index in [1.165, 1.54) is 29.8 Å². The highest BCUT2D eigenvalue weighted by atomic mass is 16.2. The van der Waals surface area contributed by atoms with Crippen molar-refractivity contribution in [3.63, 3.8) is 0 Å². The van der Waals surface area contributed by atoms with Gasteiger partial charge in [0, 0.05) is 110 Å². The lowest BCUT2D eigenvalue weighted by atomic mass is 9.94. The largest absolute Gasteiger partial charge is 0.371 e. The number of nitrogens with one attached hydrogen (secondary N) is 3. The van der Waals surface area contributed by atoms with Crippen molar-refractivity contribution in [2.75, 3.05) is 68.0 Å². The molecule has 4 amide bonds. The van der Waals surface area contributed by atoms with Gasteiger partial charge >= 0.3 is 0 Å². The molecule has 0 bridgehead atoms. The Hall–Kier alpha value is -5.27. The molecule has 57 heavy (non-hydrogen) atoms. The molecule has 4 saturated heterocycles. The van der Waals surface area contributed by atoms with Gasteiger partial charge in [0.15, 0.2) is 0 Å². The summed E-state index contributed by atoms with van der Waals surface area (Å²) in [5.41, 5.74) is 7.71. The van der Waals surface area contributed by atoms with Gasteiger partial charge < -0.3 is 25.0 Å². The van der Waals surface area contributed by atoms with E-state index in [9.17, 15) is 19.2 Å². The topological polar surface area (TPSA) is 137 Å². The highest BCUT2D eigenvalue weighted by Crippen LogP contribution is 2.36. The fraction of sp³-hybridized carbons (Fsp3) is 0.477. The fourth-order valence-electron chi connectivity index (χ4n) is 9.58. The lowest BCUT2D eigenvalue weighted by molar-refractivity contribution is -0.136.